The van der Waals surface area contributed by atoms with Gasteiger partial charge in [-0.2, -0.15) is 5.10 Å². The molecule has 0 aliphatic heterocycles. The number of primary amides is 1. The summed E-state index contributed by atoms with van der Waals surface area (Å²) in [5, 5.41) is 7.40. The van der Waals surface area contributed by atoms with Crippen molar-refractivity contribution >= 4 is 11.8 Å². The SMILES string of the molecule is Cc1cc(C)nc(-n2nc(C)c(CC(=O)NCc3cccc(C(N)=O)c3)c2C)n1. The van der Waals surface area contributed by atoms with Gasteiger partial charge in [0.2, 0.25) is 11.8 Å². The minimum absolute atomic E-state index is 0.137. The van der Waals surface area contributed by atoms with E-state index < -0.39 is 5.91 Å². The lowest BCUT2D eigenvalue weighted by Crippen LogP contribution is -2.25. The average molecular weight is 392 g/mol. The summed E-state index contributed by atoms with van der Waals surface area (Å²) < 4.78 is 1.67. The fourth-order valence-electron chi connectivity index (χ4n) is 3.19. The van der Waals surface area contributed by atoms with Crippen LogP contribution in [0, 0.1) is 27.7 Å². The Morgan fingerprint density at radius 1 is 1.07 bits per heavy atom. The molecule has 1 aromatic carbocycles. The fourth-order valence-corrected chi connectivity index (χ4v) is 3.19. The van der Waals surface area contributed by atoms with Crippen LogP contribution in [0.1, 0.15) is 44.3 Å². The molecule has 0 aliphatic rings. The highest BCUT2D eigenvalue weighted by molar-refractivity contribution is 5.92. The van der Waals surface area contributed by atoms with Crippen molar-refractivity contribution in [2.75, 3.05) is 0 Å². The summed E-state index contributed by atoms with van der Waals surface area (Å²) in [6, 6.07) is 8.79. The minimum Gasteiger partial charge on any atom is -0.366 e. The van der Waals surface area contributed by atoms with Crippen molar-refractivity contribution in [2.24, 2.45) is 5.73 Å². The van der Waals surface area contributed by atoms with E-state index in [1.165, 1.54) is 0 Å². The van der Waals surface area contributed by atoms with E-state index in [2.05, 4.69) is 20.4 Å². The molecule has 8 nitrogen and oxygen atoms in total. The lowest BCUT2D eigenvalue weighted by molar-refractivity contribution is -0.120. The number of carbonyl (C=O) groups excluding carboxylic acids is 2. The molecule has 0 saturated carbocycles. The van der Waals surface area contributed by atoms with Gasteiger partial charge in [0.05, 0.1) is 12.1 Å². The fraction of sp³-hybridized carbons (Fsp3) is 0.286. The molecule has 2 aromatic heterocycles. The number of rotatable bonds is 6. The molecule has 0 bridgehead atoms. The Morgan fingerprint density at radius 3 is 2.41 bits per heavy atom. The van der Waals surface area contributed by atoms with E-state index in [0.717, 1.165) is 33.9 Å². The lowest BCUT2D eigenvalue weighted by atomic mass is 10.1. The number of aromatic nitrogens is 4. The Hall–Kier alpha value is -3.55. The second-order valence-electron chi connectivity index (χ2n) is 7.03. The van der Waals surface area contributed by atoms with Gasteiger partial charge in [-0.25, -0.2) is 14.6 Å². The van der Waals surface area contributed by atoms with Gasteiger partial charge in [0.1, 0.15) is 0 Å². The predicted molar refractivity (Wildman–Crippen MR) is 109 cm³/mol. The van der Waals surface area contributed by atoms with Crippen LogP contribution in [0.25, 0.3) is 5.95 Å². The number of aryl methyl sites for hydroxylation is 3. The van der Waals surface area contributed by atoms with Crippen molar-refractivity contribution < 1.29 is 9.59 Å². The van der Waals surface area contributed by atoms with Crippen molar-refractivity contribution in [3.05, 3.63) is 69.8 Å². The van der Waals surface area contributed by atoms with Gasteiger partial charge in [0, 0.05) is 34.8 Å². The van der Waals surface area contributed by atoms with Crippen LogP contribution in [0.15, 0.2) is 30.3 Å². The van der Waals surface area contributed by atoms with Crippen LogP contribution in [0.3, 0.4) is 0 Å². The van der Waals surface area contributed by atoms with E-state index >= 15 is 0 Å². The molecule has 0 unspecified atom stereocenters. The van der Waals surface area contributed by atoms with Crippen molar-refractivity contribution in [1.82, 2.24) is 25.1 Å². The second-order valence-corrected chi connectivity index (χ2v) is 7.03. The first-order valence-corrected chi connectivity index (χ1v) is 9.28. The molecule has 0 atom stereocenters. The number of amides is 2. The summed E-state index contributed by atoms with van der Waals surface area (Å²) in [6.45, 7) is 7.90. The van der Waals surface area contributed by atoms with Crippen molar-refractivity contribution in [1.29, 1.82) is 0 Å². The van der Waals surface area contributed by atoms with Gasteiger partial charge in [0.15, 0.2) is 0 Å². The molecule has 29 heavy (non-hydrogen) atoms. The first-order chi connectivity index (χ1) is 13.7. The molecule has 3 N–H and O–H groups in total. The summed E-state index contributed by atoms with van der Waals surface area (Å²) in [4.78, 5) is 32.7. The second kappa shape index (κ2) is 8.22. The van der Waals surface area contributed by atoms with E-state index in [9.17, 15) is 9.59 Å². The van der Waals surface area contributed by atoms with Crippen LogP contribution in [0.5, 0.6) is 0 Å². The first-order valence-electron chi connectivity index (χ1n) is 9.28. The molecule has 0 fully saturated rings. The molecule has 3 aromatic rings. The number of benzene rings is 1. The lowest BCUT2D eigenvalue weighted by Gasteiger charge is -2.08. The van der Waals surface area contributed by atoms with E-state index in [1.807, 2.05) is 39.8 Å². The third-order valence-electron chi connectivity index (χ3n) is 4.64. The molecule has 0 saturated heterocycles. The molecule has 8 heteroatoms. The number of nitrogens with one attached hydrogen (secondary N) is 1. The zero-order chi connectivity index (χ0) is 21.1. The molecule has 0 aliphatic carbocycles. The van der Waals surface area contributed by atoms with E-state index in [-0.39, 0.29) is 12.3 Å². The molecular weight excluding hydrogens is 368 g/mol. The standard InChI is InChI=1S/C21H24N6O2/c1-12-8-13(2)25-21(24-12)27-15(4)18(14(3)26-27)10-19(28)23-11-16-6-5-7-17(9-16)20(22)29/h5-9H,10-11H2,1-4H3,(H2,22,29)(H,23,28). The number of hydrogen-bond acceptors (Lipinski definition) is 5. The summed E-state index contributed by atoms with van der Waals surface area (Å²) in [5.74, 6) is -0.134. The van der Waals surface area contributed by atoms with E-state index in [0.29, 0.717) is 18.1 Å². The highest BCUT2D eigenvalue weighted by atomic mass is 16.1. The summed E-state index contributed by atoms with van der Waals surface area (Å²) in [6.07, 6.45) is 0.192. The number of hydrogen-bond donors (Lipinski definition) is 2. The van der Waals surface area contributed by atoms with Gasteiger partial charge in [-0.3, -0.25) is 9.59 Å². The van der Waals surface area contributed by atoms with E-state index in [1.54, 1.807) is 22.9 Å². The third kappa shape index (κ3) is 4.66. The Morgan fingerprint density at radius 2 is 1.76 bits per heavy atom. The number of nitrogens with zero attached hydrogens (tertiary/aromatic N) is 4. The van der Waals surface area contributed by atoms with Gasteiger partial charge >= 0.3 is 0 Å². The highest BCUT2D eigenvalue weighted by Crippen LogP contribution is 2.17. The average Bonchev–Trinajstić information content (AvgIpc) is 2.94. The molecule has 2 amide bonds. The maximum atomic E-state index is 12.5. The molecule has 0 radical (unpaired) electrons. The number of carbonyl (C=O) groups is 2. The van der Waals surface area contributed by atoms with Crippen LogP contribution in [-0.4, -0.2) is 31.6 Å². The molecule has 150 valence electrons. The maximum Gasteiger partial charge on any atom is 0.251 e. The van der Waals surface area contributed by atoms with Gasteiger partial charge < -0.3 is 11.1 Å². The highest BCUT2D eigenvalue weighted by Gasteiger charge is 2.17. The zero-order valence-corrected chi connectivity index (χ0v) is 17.0. The normalized spacial score (nSPS) is 10.8. The largest absolute Gasteiger partial charge is 0.366 e. The molecule has 3 rings (SSSR count). The number of nitrogens with two attached hydrogens (primary N) is 1. The summed E-state index contributed by atoms with van der Waals surface area (Å²) in [5.41, 5.74) is 10.7. The molecular formula is C21H24N6O2. The quantitative estimate of drug-likeness (QED) is 0.664. The van der Waals surface area contributed by atoms with Crippen molar-refractivity contribution in [3.8, 4) is 5.95 Å². The Balaban J connectivity index is 1.73. The van der Waals surface area contributed by atoms with Crippen LogP contribution in [-0.2, 0) is 17.8 Å². The smallest absolute Gasteiger partial charge is 0.251 e. The van der Waals surface area contributed by atoms with Crippen LogP contribution in [0.2, 0.25) is 0 Å². The Bertz CT molecular complexity index is 1070. The Kier molecular flexibility index (Phi) is 5.72. The third-order valence-corrected chi connectivity index (χ3v) is 4.64. The summed E-state index contributed by atoms with van der Waals surface area (Å²) in [7, 11) is 0. The monoisotopic (exact) mass is 392 g/mol. The zero-order valence-electron chi connectivity index (χ0n) is 17.0. The predicted octanol–water partition coefficient (Wildman–Crippen LogP) is 1.85. The molecule has 2 heterocycles. The first kappa shape index (κ1) is 20.2. The van der Waals surface area contributed by atoms with Crippen LogP contribution < -0.4 is 11.1 Å². The van der Waals surface area contributed by atoms with Gasteiger partial charge in [-0.05, 0) is 51.5 Å². The Labute approximate surface area is 169 Å². The van der Waals surface area contributed by atoms with Gasteiger partial charge in [-0.15, -0.1) is 0 Å². The van der Waals surface area contributed by atoms with Crippen molar-refractivity contribution in [2.45, 2.75) is 40.7 Å². The summed E-state index contributed by atoms with van der Waals surface area (Å²) >= 11 is 0. The topological polar surface area (TPSA) is 116 Å². The maximum absolute atomic E-state index is 12.5. The molecule has 0 spiro atoms. The van der Waals surface area contributed by atoms with E-state index in [4.69, 9.17) is 5.73 Å². The van der Waals surface area contributed by atoms with Crippen molar-refractivity contribution in [3.63, 3.8) is 0 Å². The minimum atomic E-state index is -0.495. The van der Waals surface area contributed by atoms with Gasteiger partial charge in [0.25, 0.3) is 5.95 Å². The van der Waals surface area contributed by atoms with Crippen LogP contribution >= 0.6 is 0 Å². The van der Waals surface area contributed by atoms with Gasteiger partial charge in [-0.1, -0.05) is 12.1 Å². The van der Waals surface area contributed by atoms with Crippen LogP contribution in [0.4, 0.5) is 0 Å².